The fourth-order valence-electron chi connectivity index (χ4n) is 0.942. The summed E-state index contributed by atoms with van der Waals surface area (Å²) in [5.41, 5.74) is 15.8. The van der Waals surface area contributed by atoms with Gasteiger partial charge in [-0.3, -0.25) is 9.79 Å². The van der Waals surface area contributed by atoms with Crippen molar-refractivity contribution in [3.05, 3.63) is 0 Å². The Balaban J connectivity index is 3.75. The van der Waals surface area contributed by atoms with Crippen LogP contribution in [-0.2, 0) is 9.53 Å². The van der Waals surface area contributed by atoms with Crippen molar-refractivity contribution in [1.82, 2.24) is 0 Å². The highest BCUT2D eigenvalue weighted by molar-refractivity contribution is 5.76. The quantitative estimate of drug-likeness (QED) is 0.141. The number of aliphatic imine (C=N–C) groups is 1. The lowest BCUT2D eigenvalue weighted by Crippen LogP contribution is -2.35. The van der Waals surface area contributed by atoms with E-state index in [1.165, 1.54) is 0 Å². The predicted molar refractivity (Wildman–Crippen MR) is 60.3 cm³/mol. The number of aliphatic hydroxyl groups is 1. The average Bonchev–Trinajstić information content (AvgIpc) is 2.23. The zero-order chi connectivity index (χ0) is 12.6. The van der Waals surface area contributed by atoms with Crippen LogP contribution in [0.15, 0.2) is 4.99 Å². The van der Waals surface area contributed by atoms with Crippen LogP contribution >= 0.6 is 0 Å². The minimum absolute atomic E-state index is 0.0116. The second-order valence-electron chi connectivity index (χ2n) is 3.36. The first-order valence-electron chi connectivity index (χ1n) is 5.16. The number of guanidine groups is 1. The SMILES string of the molecule is CCC(O)OC(=O)[C@@H](N)CCCN=C(N)N. The molecule has 94 valence electrons. The number of carbonyl (C=O) groups is 1. The van der Waals surface area contributed by atoms with Crippen molar-refractivity contribution >= 4 is 11.9 Å². The van der Waals surface area contributed by atoms with Gasteiger partial charge in [-0.15, -0.1) is 0 Å². The number of hydrogen-bond donors (Lipinski definition) is 4. The fraction of sp³-hybridized carbons (Fsp3) is 0.778. The Hall–Kier alpha value is -1.34. The molecule has 0 bridgehead atoms. The number of nitrogens with zero attached hydrogens (tertiary/aromatic N) is 1. The molecule has 7 nitrogen and oxygen atoms in total. The molecule has 0 aromatic carbocycles. The summed E-state index contributed by atoms with van der Waals surface area (Å²) in [5.74, 6) is -0.600. The summed E-state index contributed by atoms with van der Waals surface area (Å²) < 4.78 is 4.65. The maximum absolute atomic E-state index is 11.2. The van der Waals surface area contributed by atoms with Crippen molar-refractivity contribution in [2.75, 3.05) is 6.54 Å². The summed E-state index contributed by atoms with van der Waals surface area (Å²) >= 11 is 0. The zero-order valence-corrected chi connectivity index (χ0v) is 9.43. The van der Waals surface area contributed by atoms with Gasteiger partial charge in [-0.1, -0.05) is 6.92 Å². The summed E-state index contributed by atoms with van der Waals surface area (Å²) in [6, 6.07) is -0.754. The summed E-state index contributed by atoms with van der Waals surface area (Å²) in [6.45, 7) is 2.11. The van der Waals surface area contributed by atoms with E-state index in [0.29, 0.717) is 25.8 Å². The average molecular weight is 232 g/mol. The van der Waals surface area contributed by atoms with Crippen LogP contribution in [-0.4, -0.2) is 35.9 Å². The Bertz CT molecular complexity index is 241. The highest BCUT2D eigenvalue weighted by atomic mass is 16.6. The van der Waals surface area contributed by atoms with E-state index >= 15 is 0 Å². The monoisotopic (exact) mass is 232 g/mol. The molecule has 7 heteroatoms. The van der Waals surface area contributed by atoms with Crippen LogP contribution in [0.5, 0.6) is 0 Å². The summed E-state index contributed by atoms with van der Waals surface area (Å²) in [4.78, 5) is 15.0. The number of aliphatic hydroxyl groups excluding tert-OH is 1. The van der Waals surface area contributed by atoms with Crippen LogP contribution < -0.4 is 17.2 Å². The molecule has 0 heterocycles. The van der Waals surface area contributed by atoms with Crippen molar-refractivity contribution in [3.63, 3.8) is 0 Å². The van der Waals surface area contributed by atoms with Crippen molar-refractivity contribution in [2.45, 2.75) is 38.5 Å². The van der Waals surface area contributed by atoms with Crippen LogP contribution in [0.25, 0.3) is 0 Å². The first kappa shape index (κ1) is 14.7. The van der Waals surface area contributed by atoms with E-state index in [1.54, 1.807) is 6.92 Å². The summed E-state index contributed by atoms with van der Waals surface area (Å²) in [5, 5.41) is 9.07. The first-order valence-corrected chi connectivity index (χ1v) is 5.16. The lowest BCUT2D eigenvalue weighted by atomic mass is 10.2. The summed E-state index contributed by atoms with van der Waals surface area (Å²) in [7, 11) is 0. The van der Waals surface area contributed by atoms with Gasteiger partial charge in [-0.25, -0.2) is 0 Å². The highest BCUT2D eigenvalue weighted by Gasteiger charge is 2.17. The molecule has 0 fully saturated rings. The van der Waals surface area contributed by atoms with E-state index in [2.05, 4.69) is 9.73 Å². The number of esters is 1. The standard InChI is InChI=1S/C9H20N4O3/c1-2-7(14)16-8(15)6(10)4-3-5-13-9(11)12/h6-7,14H,2-5,10H2,1H3,(H4,11,12,13)/t6-,7?/m0/s1. The molecule has 0 aliphatic heterocycles. The molecule has 0 saturated heterocycles. The van der Waals surface area contributed by atoms with Gasteiger partial charge in [-0.05, 0) is 12.8 Å². The van der Waals surface area contributed by atoms with Crippen molar-refractivity contribution in [3.8, 4) is 0 Å². The van der Waals surface area contributed by atoms with Crippen molar-refractivity contribution in [1.29, 1.82) is 0 Å². The molecule has 0 saturated carbocycles. The van der Waals surface area contributed by atoms with Gasteiger partial charge in [0.1, 0.15) is 6.04 Å². The second-order valence-corrected chi connectivity index (χ2v) is 3.36. The largest absolute Gasteiger partial charge is 0.435 e. The molecule has 0 aliphatic carbocycles. The van der Waals surface area contributed by atoms with Crippen molar-refractivity contribution in [2.24, 2.45) is 22.2 Å². The maximum atomic E-state index is 11.2. The van der Waals surface area contributed by atoms with E-state index in [9.17, 15) is 4.79 Å². The highest BCUT2D eigenvalue weighted by Crippen LogP contribution is 2.01. The third kappa shape index (κ3) is 7.02. The molecular weight excluding hydrogens is 212 g/mol. The Labute approximate surface area is 94.6 Å². The third-order valence-electron chi connectivity index (χ3n) is 1.87. The maximum Gasteiger partial charge on any atom is 0.325 e. The summed E-state index contributed by atoms with van der Waals surface area (Å²) in [6.07, 6.45) is 0.241. The topological polar surface area (TPSA) is 137 Å². The molecule has 7 N–H and O–H groups in total. The molecule has 0 aromatic heterocycles. The van der Waals surface area contributed by atoms with Gasteiger partial charge in [-0.2, -0.15) is 0 Å². The third-order valence-corrected chi connectivity index (χ3v) is 1.87. The Kier molecular flexibility index (Phi) is 7.23. The van der Waals surface area contributed by atoms with Crippen LogP contribution in [0.1, 0.15) is 26.2 Å². The van der Waals surface area contributed by atoms with E-state index in [-0.39, 0.29) is 5.96 Å². The van der Waals surface area contributed by atoms with E-state index in [0.717, 1.165) is 0 Å². The van der Waals surface area contributed by atoms with Gasteiger partial charge in [0.05, 0.1) is 0 Å². The molecule has 0 aliphatic rings. The Morgan fingerprint density at radius 1 is 1.50 bits per heavy atom. The molecule has 1 unspecified atom stereocenters. The molecule has 16 heavy (non-hydrogen) atoms. The lowest BCUT2D eigenvalue weighted by Gasteiger charge is -2.14. The molecule has 0 amide bonds. The van der Waals surface area contributed by atoms with E-state index in [1.807, 2.05) is 0 Å². The second kappa shape index (κ2) is 7.89. The molecular formula is C9H20N4O3. The predicted octanol–water partition coefficient (Wildman–Crippen LogP) is -1.36. The van der Waals surface area contributed by atoms with Gasteiger partial charge in [0.15, 0.2) is 12.2 Å². The first-order chi connectivity index (χ1) is 7.47. The van der Waals surface area contributed by atoms with Crippen LogP contribution in [0.4, 0.5) is 0 Å². The number of rotatable bonds is 7. The molecule has 0 aromatic rings. The normalized spacial score (nSPS) is 13.9. The van der Waals surface area contributed by atoms with Gasteiger partial charge >= 0.3 is 5.97 Å². The van der Waals surface area contributed by atoms with Gasteiger partial charge < -0.3 is 27.0 Å². The number of hydrogen-bond acceptors (Lipinski definition) is 5. The van der Waals surface area contributed by atoms with Crippen LogP contribution in [0.3, 0.4) is 0 Å². The van der Waals surface area contributed by atoms with Crippen LogP contribution in [0, 0.1) is 0 Å². The van der Waals surface area contributed by atoms with E-state index in [4.69, 9.17) is 22.3 Å². The molecule has 0 spiro atoms. The molecule has 0 radical (unpaired) electrons. The minimum Gasteiger partial charge on any atom is -0.435 e. The number of carbonyl (C=O) groups excluding carboxylic acids is 1. The van der Waals surface area contributed by atoms with Gasteiger partial charge in [0, 0.05) is 13.0 Å². The van der Waals surface area contributed by atoms with E-state index < -0.39 is 18.3 Å². The minimum atomic E-state index is -1.09. The Morgan fingerprint density at radius 3 is 2.62 bits per heavy atom. The zero-order valence-electron chi connectivity index (χ0n) is 9.43. The van der Waals surface area contributed by atoms with Gasteiger partial charge in [0.2, 0.25) is 0 Å². The fourth-order valence-corrected chi connectivity index (χ4v) is 0.942. The lowest BCUT2D eigenvalue weighted by molar-refractivity contribution is -0.169. The Morgan fingerprint density at radius 2 is 2.12 bits per heavy atom. The van der Waals surface area contributed by atoms with Crippen LogP contribution in [0.2, 0.25) is 0 Å². The smallest absolute Gasteiger partial charge is 0.325 e. The molecule has 2 atom stereocenters. The van der Waals surface area contributed by atoms with Gasteiger partial charge in [0.25, 0.3) is 0 Å². The number of nitrogens with two attached hydrogens (primary N) is 3. The number of ether oxygens (including phenoxy) is 1. The molecule has 0 rings (SSSR count). The van der Waals surface area contributed by atoms with Crippen molar-refractivity contribution < 1.29 is 14.6 Å².